The summed E-state index contributed by atoms with van der Waals surface area (Å²) in [5.74, 6) is 0.955. The molecule has 1 aromatic carbocycles. The van der Waals surface area contributed by atoms with Crippen LogP contribution in [0.4, 0.5) is 4.79 Å². The van der Waals surface area contributed by atoms with Gasteiger partial charge in [-0.05, 0) is 39.8 Å². The number of aryl methyl sites for hydroxylation is 1. The number of carbonyl (C=O) groups excluding carboxylic acids is 1. The number of nitrogens with one attached hydrogen (secondary N) is 1. The molecule has 7 nitrogen and oxygen atoms in total. The van der Waals surface area contributed by atoms with Crippen LogP contribution in [0.25, 0.3) is 22.6 Å². The standard InChI is InChI=1S/C24H32N6O/c1-18-7-9-19(10-8-18)21-26-20-6-5-11-25-22(20)30(21)17-14-28-12-15-29(16-13-28)23(31)27-24(2,3)4/h5-11H,12-17H2,1-4H3,(H,27,31). The Morgan fingerprint density at radius 2 is 1.74 bits per heavy atom. The highest BCUT2D eigenvalue weighted by molar-refractivity contribution is 5.77. The highest BCUT2D eigenvalue weighted by atomic mass is 16.2. The molecule has 0 bridgehead atoms. The Hall–Kier alpha value is -2.93. The van der Waals surface area contributed by atoms with Crippen LogP contribution in [-0.4, -0.2) is 68.6 Å². The van der Waals surface area contributed by atoms with Crippen molar-refractivity contribution in [2.45, 2.75) is 39.8 Å². The lowest BCUT2D eigenvalue weighted by Crippen LogP contribution is -2.55. The molecule has 1 aliphatic rings. The van der Waals surface area contributed by atoms with Crippen molar-refractivity contribution >= 4 is 17.2 Å². The SMILES string of the molecule is Cc1ccc(-c2nc3cccnc3n2CCN2CCN(C(=O)NC(C)(C)C)CC2)cc1. The number of piperazine rings is 1. The van der Waals surface area contributed by atoms with E-state index in [9.17, 15) is 4.79 Å². The van der Waals surface area contributed by atoms with E-state index in [0.29, 0.717) is 0 Å². The van der Waals surface area contributed by atoms with Gasteiger partial charge in [-0.2, -0.15) is 0 Å². The van der Waals surface area contributed by atoms with Crippen molar-refractivity contribution < 1.29 is 4.79 Å². The Bertz CT molecular complexity index is 1040. The molecule has 2 amide bonds. The summed E-state index contributed by atoms with van der Waals surface area (Å²) in [6.45, 7) is 13.1. The van der Waals surface area contributed by atoms with Gasteiger partial charge in [-0.25, -0.2) is 14.8 Å². The van der Waals surface area contributed by atoms with Gasteiger partial charge >= 0.3 is 6.03 Å². The zero-order valence-corrected chi connectivity index (χ0v) is 18.9. The Balaban J connectivity index is 1.44. The van der Waals surface area contributed by atoms with E-state index >= 15 is 0 Å². The first kappa shape index (κ1) is 21.3. The molecule has 31 heavy (non-hydrogen) atoms. The van der Waals surface area contributed by atoms with Gasteiger partial charge in [-0.3, -0.25) is 4.90 Å². The molecule has 2 aromatic heterocycles. The summed E-state index contributed by atoms with van der Waals surface area (Å²) < 4.78 is 2.22. The smallest absolute Gasteiger partial charge is 0.317 e. The van der Waals surface area contributed by atoms with Crippen molar-refractivity contribution in [1.82, 2.24) is 29.7 Å². The van der Waals surface area contributed by atoms with Crippen LogP contribution in [0.2, 0.25) is 0 Å². The molecule has 1 N–H and O–H groups in total. The summed E-state index contributed by atoms with van der Waals surface area (Å²) in [5, 5.41) is 3.06. The molecule has 7 heteroatoms. The van der Waals surface area contributed by atoms with Gasteiger partial charge in [0.1, 0.15) is 11.3 Å². The molecule has 0 spiro atoms. The molecule has 0 atom stereocenters. The third-order valence-corrected chi connectivity index (χ3v) is 5.59. The predicted octanol–water partition coefficient (Wildman–Crippen LogP) is 3.53. The van der Waals surface area contributed by atoms with Crippen molar-refractivity contribution in [2.75, 3.05) is 32.7 Å². The minimum atomic E-state index is -0.212. The number of amides is 2. The fourth-order valence-electron chi connectivity index (χ4n) is 3.91. The zero-order valence-electron chi connectivity index (χ0n) is 18.9. The van der Waals surface area contributed by atoms with E-state index in [1.54, 1.807) is 0 Å². The molecule has 164 valence electrons. The summed E-state index contributed by atoms with van der Waals surface area (Å²) in [6.07, 6.45) is 1.83. The Labute approximate surface area is 184 Å². The van der Waals surface area contributed by atoms with E-state index in [4.69, 9.17) is 4.98 Å². The van der Waals surface area contributed by atoms with Gasteiger partial charge in [0.15, 0.2) is 5.65 Å². The normalized spacial score (nSPS) is 15.4. The van der Waals surface area contributed by atoms with Gasteiger partial charge in [-0.15, -0.1) is 0 Å². The number of urea groups is 1. The largest absolute Gasteiger partial charge is 0.333 e. The van der Waals surface area contributed by atoms with Gasteiger partial charge in [-0.1, -0.05) is 29.8 Å². The van der Waals surface area contributed by atoms with E-state index in [-0.39, 0.29) is 11.6 Å². The molecule has 0 aliphatic carbocycles. The fourth-order valence-corrected chi connectivity index (χ4v) is 3.91. The Morgan fingerprint density at radius 1 is 1.03 bits per heavy atom. The van der Waals surface area contributed by atoms with E-state index in [1.807, 2.05) is 44.0 Å². The summed E-state index contributed by atoms with van der Waals surface area (Å²) in [5.41, 5.74) is 3.96. The zero-order chi connectivity index (χ0) is 22.0. The molecule has 0 radical (unpaired) electrons. The number of hydrogen-bond acceptors (Lipinski definition) is 4. The average Bonchev–Trinajstić information content (AvgIpc) is 3.10. The quantitative estimate of drug-likeness (QED) is 0.701. The Kier molecular flexibility index (Phi) is 5.96. The second-order valence-corrected chi connectivity index (χ2v) is 9.31. The lowest BCUT2D eigenvalue weighted by molar-refractivity contribution is 0.132. The maximum absolute atomic E-state index is 12.4. The molecule has 3 aromatic rings. The number of carbonyl (C=O) groups is 1. The molecule has 0 unspecified atom stereocenters. The Morgan fingerprint density at radius 3 is 2.42 bits per heavy atom. The maximum atomic E-state index is 12.4. The molecular weight excluding hydrogens is 388 g/mol. The van der Waals surface area contributed by atoms with Crippen LogP contribution in [0.3, 0.4) is 0 Å². The number of fused-ring (bicyclic) bond motifs is 1. The van der Waals surface area contributed by atoms with Gasteiger partial charge < -0.3 is 14.8 Å². The first-order valence-electron chi connectivity index (χ1n) is 11.0. The van der Waals surface area contributed by atoms with Gasteiger partial charge in [0.2, 0.25) is 0 Å². The lowest BCUT2D eigenvalue weighted by atomic mass is 10.1. The third kappa shape index (κ3) is 5.05. The van der Waals surface area contributed by atoms with E-state index in [2.05, 4.69) is 51.0 Å². The molecule has 1 aliphatic heterocycles. The van der Waals surface area contributed by atoms with Crippen LogP contribution in [0.15, 0.2) is 42.6 Å². The van der Waals surface area contributed by atoms with Crippen molar-refractivity contribution in [1.29, 1.82) is 0 Å². The first-order valence-corrected chi connectivity index (χ1v) is 11.0. The van der Waals surface area contributed by atoms with Crippen LogP contribution in [0, 0.1) is 6.92 Å². The number of nitrogens with zero attached hydrogens (tertiary/aromatic N) is 5. The number of rotatable bonds is 4. The molecule has 1 fully saturated rings. The summed E-state index contributed by atoms with van der Waals surface area (Å²) >= 11 is 0. The van der Waals surface area contributed by atoms with Gasteiger partial charge in [0, 0.05) is 56.6 Å². The third-order valence-electron chi connectivity index (χ3n) is 5.59. The number of benzene rings is 1. The minimum absolute atomic E-state index is 0.0265. The summed E-state index contributed by atoms with van der Waals surface area (Å²) in [4.78, 5) is 26.2. The fraction of sp³-hybridized carbons (Fsp3) is 0.458. The topological polar surface area (TPSA) is 66.3 Å². The second kappa shape index (κ2) is 8.67. The summed E-state index contributed by atoms with van der Waals surface area (Å²) in [7, 11) is 0. The van der Waals surface area contributed by atoms with Crippen LogP contribution >= 0.6 is 0 Å². The molecular formula is C24H32N6O. The monoisotopic (exact) mass is 420 g/mol. The van der Waals surface area contributed by atoms with Crippen molar-refractivity contribution in [3.63, 3.8) is 0 Å². The number of aromatic nitrogens is 3. The van der Waals surface area contributed by atoms with Gasteiger partial charge in [0.25, 0.3) is 0 Å². The molecule has 4 rings (SSSR count). The average molecular weight is 421 g/mol. The van der Waals surface area contributed by atoms with Crippen LogP contribution < -0.4 is 5.32 Å². The molecule has 0 saturated carbocycles. The minimum Gasteiger partial charge on any atom is -0.333 e. The molecule has 1 saturated heterocycles. The number of pyridine rings is 1. The van der Waals surface area contributed by atoms with Crippen molar-refractivity contribution in [3.05, 3.63) is 48.2 Å². The van der Waals surface area contributed by atoms with Crippen LogP contribution in [0.5, 0.6) is 0 Å². The lowest BCUT2D eigenvalue weighted by Gasteiger charge is -2.36. The van der Waals surface area contributed by atoms with Gasteiger partial charge in [0.05, 0.1) is 0 Å². The van der Waals surface area contributed by atoms with Crippen molar-refractivity contribution in [3.8, 4) is 11.4 Å². The highest BCUT2D eigenvalue weighted by Gasteiger charge is 2.24. The van der Waals surface area contributed by atoms with E-state index in [0.717, 1.165) is 61.8 Å². The summed E-state index contributed by atoms with van der Waals surface area (Å²) in [6, 6.07) is 12.5. The van der Waals surface area contributed by atoms with Crippen molar-refractivity contribution in [2.24, 2.45) is 0 Å². The van der Waals surface area contributed by atoms with E-state index < -0.39 is 0 Å². The second-order valence-electron chi connectivity index (χ2n) is 9.31. The first-order chi connectivity index (χ1) is 14.8. The predicted molar refractivity (Wildman–Crippen MR) is 124 cm³/mol. The van der Waals surface area contributed by atoms with Crippen LogP contribution in [0.1, 0.15) is 26.3 Å². The van der Waals surface area contributed by atoms with E-state index in [1.165, 1.54) is 5.56 Å². The molecule has 3 heterocycles. The number of hydrogen-bond donors (Lipinski definition) is 1. The highest BCUT2D eigenvalue weighted by Crippen LogP contribution is 2.24. The van der Waals surface area contributed by atoms with Crippen LogP contribution in [-0.2, 0) is 6.54 Å². The maximum Gasteiger partial charge on any atom is 0.317 e. The number of imidazole rings is 1.